The van der Waals surface area contributed by atoms with Crippen molar-refractivity contribution in [3.05, 3.63) is 0 Å². The summed E-state index contributed by atoms with van der Waals surface area (Å²) in [6, 6.07) is 0. The van der Waals surface area contributed by atoms with Gasteiger partial charge in [-0.1, -0.05) is 13.8 Å². The summed E-state index contributed by atoms with van der Waals surface area (Å²) >= 11 is 0. The molecule has 1 atom stereocenters. The lowest BCUT2D eigenvalue weighted by Gasteiger charge is -2.35. The molecule has 2 fully saturated rings. The van der Waals surface area contributed by atoms with Crippen molar-refractivity contribution in [2.24, 2.45) is 11.8 Å². The Bertz CT molecular complexity index is 452. The number of hydrogen-bond acceptors (Lipinski definition) is 3. The molecule has 1 unspecified atom stereocenters. The molecular formula is C18H31N3O3. The second-order valence-corrected chi connectivity index (χ2v) is 7.07. The first-order valence-electron chi connectivity index (χ1n) is 9.37. The van der Waals surface area contributed by atoms with Gasteiger partial charge in [0.1, 0.15) is 0 Å². The van der Waals surface area contributed by atoms with Crippen LogP contribution in [0.2, 0.25) is 0 Å². The van der Waals surface area contributed by atoms with Crippen LogP contribution in [0.15, 0.2) is 0 Å². The van der Waals surface area contributed by atoms with Crippen LogP contribution >= 0.6 is 0 Å². The average Bonchev–Trinajstić information content (AvgIpc) is 2.65. The normalized spacial score (nSPS) is 20.6. The van der Waals surface area contributed by atoms with E-state index in [1.54, 1.807) is 4.90 Å². The standard InChI is InChI=1S/C18H31N3O3/c1-3-14(2)17(23)19-13-16(22)20-11-7-15(8-12-20)18(24)21-9-5-4-6-10-21/h14-15H,3-13H2,1-2H3,(H,19,23). The van der Waals surface area contributed by atoms with Crippen molar-refractivity contribution < 1.29 is 14.4 Å². The summed E-state index contributed by atoms with van der Waals surface area (Å²) < 4.78 is 0. The minimum Gasteiger partial charge on any atom is -0.347 e. The zero-order valence-electron chi connectivity index (χ0n) is 15.1. The number of likely N-dealkylation sites (tertiary alicyclic amines) is 2. The van der Waals surface area contributed by atoms with E-state index in [1.165, 1.54) is 6.42 Å². The molecule has 0 bridgehead atoms. The van der Waals surface area contributed by atoms with Gasteiger partial charge in [-0.2, -0.15) is 0 Å². The number of hydrogen-bond donors (Lipinski definition) is 1. The van der Waals surface area contributed by atoms with E-state index in [4.69, 9.17) is 0 Å². The first-order chi connectivity index (χ1) is 11.5. The van der Waals surface area contributed by atoms with Gasteiger partial charge in [0.2, 0.25) is 17.7 Å². The number of carbonyl (C=O) groups excluding carboxylic acids is 3. The lowest BCUT2D eigenvalue weighted by atomic mass is 9.94. The van der Waals surface area contributed by atoms with Gasteiger partial charge in [-0.15, -0.1) is 0 Å². The fourth-order valence-electron chi connectivity index (χ4n) is 3.38. The minimum absolute atomic E-state index is 0.0458. The number of rotatable bonds is 5. The Morgan fingerprint density at radius 2 is 1.62 bits per heavy atom. The SMILES string of the molecule is CCC(C)C(=O)NCC(=O)N1CCC(C(=O)N2CCCCC2)CC1. The predicted octanol–water partition coefficient (Wildman–Crippen LogP) is 1.40. The Hall–Kier alpha value is -1.59. The number of piperidine rings is 2. The van der Waals surface area contributed by atoms with Crippen molar-refractivity contribution in [1.82, 2.24) is 15.1 Å². The zero-order chi connectivity index (χ0) is 17.5. The second kappa shape index (κ2) is 9.04. The molecule has 0 spiro atoms. The monoisotopic (exact) mass is 337 g/mol. The van der Waals surface area contributed by atoms with Crippen LogP contribution in [0.5, 0.6) is 0 Å². The second-order valence-electron chi connectivity index (χ2n) is 7.07. The van der Waals surface area contributed by atoms with Gasteiger partial charge in [0.05, 0.1) is 6.54 Å². The lowest BCUT2D eigenvalue weighted by Crippen LogP contribution is -2.48. The maximum Gasteiger partial charge on any atom is 0.241 e. The highest BCUT2D eigenvalue weighted by atomic mass is 16.2. The highest BCUT2D eigenvalue weighted by Crippen LogP contribution is 2.21. The smallest absolute Gasteiger partial charge is 0.241 e. The molecule has 3 amide bonds. The van der Waals surface area contributed by atoms with Gasteiger partial charge >= 0.3 is 0 Å². The van der Waals surface area contributed by atoms with Crippen LogP contribution in [0.4, 0.5) is 0 Å². The molecule has 1 N–H and O–H groups in total. The summed E-state index contributed by atoms with van der Waals surface area (Å²) in [7, 11) is 0. The fraction of sp³-hybridized carbons (Fsp3) is 0.833. The summed E-state index contributed by atoms with van der Waals surface area (Å²) in [6.45, 7) is 6.88. The van der Waals surface area contributed by atoms with E-state index in [9.17, 15) is 14.4 Å². The van der Waals surface area contributed by atoms with Crippen LogP contribution in [-0.4, -0.2) is 60.2 Å². The van der Waals surface area contributed by atoms with Gasteiger partial charge < -0.3 is 15.1 Å². The first-order valence-corrected chi connectivity index (χ1v) is 9.37. The molecule has 0 radical (unpaired) electrons. The highest BCUT2D eigenvalue weighted by molar-refractivity contribution is 5.86. The van der Waals surface area contributed by atoms with Gasteiger partial charge in [-0.05, 0) is 38.5 Å². The summed E-state index contributed by atoms with van der Waals surface area (Å²) in [5.74, 6) is 0.149. The molecule has 6 nitrogen and oxygen atoms in total. The average molecular weight is 337 g/mol. The molecule has 0 aromatic heterocycles. The molecule has 24 heavy (non-hydrogen) atoms. The van der Waals surface area contributed by atoms with Crippen molar-refractivity contribution in [1.29, 1.82) is 0 Å². The summed E-state index contributed by atoms with van der Waals surface area (Å²) in [5.41, 5.74) is 0. The minimum atomic E-state index is -0.0685. The van der Waals surface area contributed by atoms with E-state index in [0.29, 0.717) is 13.1 Å². The Kier molecular flexibility index (Phi) is 7.06. The number of carbonyl (C=O) groups is 3. The molecule has 2 aliphatic rings. The van der Waals surface area contributed by atoms with Gasteiger partial charge in [0.25, 0.3) is 0 Å². The Morgan fingerprint density at radius 1 is 1.00 bits per heavy atom. The van der Waals surface area contributed by atoms with Crippen molar-refractivity contribution in [3.63, 3.8) is 0 Å². The molecule has 2 rings (SSSR count). The molecule has 2 saturated heterocycles. The largest absolute Gasteiger partial charge is 0.347 e. The van der Waals surface area contributed by atoms with Gasteiger partial charge in [0.15, 0.2) is 0 Å². The lowest BCUT2D eigenvalue weighted by molar-refractivity contribution is -0.141. The molecule has 136 valence electrons. The van der Waals surface area contributed by atoms with Crippen molar-refractivity contribution in [2.75, 3.05) is 32.7 Å². The third-order valence-corrected chi connectivity index (χ3v) is 5.34. The maximum absolute atomic E-state index is 12.5. The van der Waals surface area contributed by atoms with Crippen molar-refractivity contribution >= 4 is 17.7 Å². The molecular weight excluding hydrogens is 306 g/mol. The number of amides is 3. The van der Waals surface area contributed by atoms with Crippen molar-refractivity contribution in [2.45, 2.75) is 52.4 Å². The molecule has 6 heteroatoms. The maximum atomic E-state index is 12.5. The van der Waals surface area contributed by atoms with Crippen LogP contribution < -0.4 is 5.32 Å². The highest BCUT2D eigenvalue weighted by Gasteiger charge is 2.30. The predicted molar refractivity (Wildman–Crippen MR) is 92.2 cm³/mol. The third-order valence-electron chi connectivity index (χ3n) is 5.34. The molecule has 0 saturated carbocycles. The van der Waals surface area contributed by atoms with Gasteiger partial charge in [0, 0.05) is 38.0 Å². The topological polar surface area (TPSA) is 69.7 Å². The van der Waals surface area contributed by atoms with Gasteiger partial charge in [-0.25, -0.2) is 0 Å². The van der Waals surface area contributed by atoms with Crippen LogP contribution in [0.1, 0.15) is 52.4 Å². The van der Waals surface area contributed by atoms with Crippen LogP contribution in [0.25, 0.3) is 0 Å². The molecule has 0 aliphatic carbocycles. The Morgan fingerprint density at radius 3 is 2.21 bits per heavy atom. The van der Waals surface area contributed by atoms with Crippen LogP contribution in [-0.2, 0) is 14.4 Å². The first kappa shape index (κ1) is 18.7. The molecule has 0 aromatic rings. The van der Waals surface area contributed by atoms with E-state index < -0.39 is 0 Å². The van der Waals surface area contributed by atoms with E-state index in [2.05, 4.69) is 5.32 Å². The third kappa shape index (κ3) is 4.95. The van der Waals surface area contributed by atoms with Gasteiger partial charge in [-0.3, -0.25) is 14.4 Å². The summed E-state index contributed by atoms with van der Waals surface area (Å²) in [6.07, 6.45) is 5.68. The van der Waals surface area contributed by atoms with E-state index >= 15 is 0 Å². The van der Waals surface area contributed by atoms with E-state index in [0.717, 1.165) is 45.2 Å². The fourth-order valence-corrected chi connectivity index (χ4v) is 3.38. The number of nitrogens with zero attached hydrogens (tertiary/aromatic N) is 2. The van der Waals surface area contributed by atoms with Crippen molar-refractivity contribution in [3.8, 4) is 0 Å². The molecule has 0 aromatic carbocycles. The number of nitrogens with one attached hydrogen (secondary N) is 1. The molecule has 2 aliphatic heterocycles. The quantitative estimate of drug-likeness (QED) is 0.824. The van der Waals surface area contributed by atoms with Crippen LogP contribution in [0, 0.1) is 11.8 Å². The van der Waals surface area contributed by atoms with Crippen LogP contribution in [0.3, 0.4) is 0 Å². The summed E-state index contributed by atoms with van der Waals surface area (Å²) in [5, 5.41) is 2.71. The Labute approximate surface area is 144 Å². The molecule has 2 heterocycles. The Balaban J connectivity index is 1.72. The van der Waals surface area contributed by atoms with E-state index in [1.807, 2.05) is 18.7 Å². The summed E-state index contributed by atoms with van der Waals surface area (Å²) in [4.78, 5) is 40.2. The zero-order valence-corrected chi connectivity index (χ0v) is 15.1. The van der Waals surface area contributed by atoms with E-state index in [-0.39, 0.29) is 36.1 Å².